The van der Waals surface area contributed by atoms with Crippen molar-refractivity contribution in [1.82, 2.24) is 30.0 Å². The number of halogens is 1. The lowest BCUT2D eigenvalue weighted by Gasteiger charge is -2.45. The molecule has 2 fully saturated rings. The fourth-order valence-corrected chi connectivity index (χ4v) is 4.83. The second-order valence-electron chi connectivity index (χ2n) is 8.18. The quantitative estimate of drug-likeness (QED) is 0.816. The first kappa shape index (κ1) is 15.6. The summed E-state index contributed by atoms with van der Waals surface area (Å²) in [6.45, 7) is 0. The van der Waals surface area contributed by atoms with Crippen molar-refractivity contribution in [2.24, 2.45) is 11.0 Å². The smallest absolute Gasteiger partial charge is 0.291 e. The first-order chi connectivity index (χ1) is 13.1. The number of hydrazone groups is 1. The maximum Gasteiger partial charge on any atom is 0.291 e. The Balaban J connectivity index is 1.37. The number of aliphatic hydroxyl groups is 1. The highest BCUT2D eigenvalue weighted by Crippen LogP contribution is 2.45. The Morgan fingerprint density at radius 3 is 3.00 bits per heavy atom. The van der Waals surface area contributed by atoms with Crippen LogP contribution >= 0.6 is 0 Å². The number of imidazole rings is 1. The van der Waals surface area contributed by atoms with Gasteiger partial charge in [0.1, 0.15) is 12.0 Å². The molecule has 10 heteroatoms. The highest BCUT2D eigenvalue weighted by Gasteiger charge is 2.48. The average molecular weight is 372 g/mol. The predicted molar refractivity (Wildman–Crippen MR) is 93.3 cm³/mol. The van der Waals surface area contributed by atoms with Crippen molar-refractivity contribution in [3.05, 3.63) is 24.2 Å². The fraction of sp³-hybridized carbons (Fsp3) is 0.647. The topological polar surface area (TPSA) is 96.4 Å². The highest BCUT2D eigenvalue weighted by molar-refractivity contribution is 5.98. The van der Waals surface area contributed by atoms with Crippen LogP contribution in [0.1, 0.15) is 50.3 Å². The van der Waals surface area contributed by atoms with E-state index in [1.165, 1.54) is 0 Å². The van der Waals surface area contributed by atoms with Gasteiger partial charge in [0.25, 0.3) is 12.0 Å². The van der Waals surface area contributed by atoms with Gasteiger partial charge in [0.05, 0.1) is 23.7 Å². The third-order valence-electron chi connectivity index (χ3n) is 6.37. The summed E-state index contributed by atoms with van der Waals surface area (Å²) < 4.78 is 17.8. The van der Waals surface area contributed by atoms with Crippen molar-refractivity contribution in [3.63, 3.8) is 0 Å². The van der Waals surface area contributed by atoms with E-state index >= 15 is 0 Å². The van der Waals surface area contributed by atoms with E-state index in [4.69, 9.17) is 0 Å². The van der Waals surface area contributed by atoms with Crippen LogP contribution in [0.3, 0.4) is 0 Å². The minimum Gasteiger partial charge on any atom is -0.389 e. The van der Waals surface area contributed by atoms with Crippen LogP contribution in [0.25, 0.3) is 0 Å². The first-order valence-corrected chi connectivity index (χ1v) is 9.62. The fourth-order valence-electron chi connectivity index (χ4n) is 4.83. The Morgan fingerprint density at radius 1 is 1.30 bits per heavy atom. The second-order valence-corrected chi connectivity index (χ2v) is 8.18. The summed E-state index contributed by atoms with van der Waals surface area (Å²) in [6.07, 6.45) is 9.21. The molecule has 4 aliphatic rings. The number of anilines is 1. The van der Waals surface area contributed by atoms with Crippen molar-refractivity contribution in [2.45, 2.75) is 62.8 Å². The largest absolute Gasteiger partial charge is 0.389 e. The summed E-state index contributed by atoms with van der Waals surface area (Å²) in [4.78, 5) is 5.91. The highest BCUT2D eigenvalue weighted by atomic mass is 19.1. The van der Waals surface area contributed by atoms with Gasteiger partial charge in [-0.1, -0.05) is 18.1 Å². The number of rotatable bonds is 2. The van der Waals surface area contributed by atoms with Gasteiger partial charge in [-0.2, -0.15) is 9.07 Å². The van der Waals surface area contributed by atoms with Crippen LogP contribution in [0.5, 0.6) is 0 Å². The molecule has 2 aliphatic carbocycles. The van der Waals surface area contributed by atoms with Gasteiger partial charge in [0, 0.05) is 18.4 Å². The van der Waals surface area contributed by atoms with Crippen LogP contribution < -0.4 is 10.3 Å². The second kappa shape index (κ2) is 5.28. The van der Waals surface area contributed by atoms with E-state index in [-0.39, 0.29) is 18.1 Å². The standard InChI is InChI=1S/C17H21FN8O/c18-15-19-8-13-25(15)12-4-2-1-3-11(12)14-21-22-16(26(13)14)24-9-10(20-23-24)7-17(27)5-6-17/h8-9,11-12,14,21,27H,1-7H2. The summed E-state index contributed by atoms with van der Waals surface area (Å²) in [5.41, 5.74) is 3.34. The van der Waals surface area contributed by atoms with Gasteiger partial charge in [0.15, 0.2) is 0 Å². The molecule has 2 aliphatic heterocycles. The van der Waals surface area contributed by atoms with E-state index < -0.39 is 11.7 Å². The molecule has 3 atom stereocenters. The molecule has 0 amide bonds. The van der Waals surface area contributed by atoms with E-state index in [1.54, 1.807) is 21.6 Å². The third kappa shape index (κ3) is 2.25. The van der Waals surface area contributed by atoms with Crippen molar-refractivity contribution in [2.75, 3.05) is 4.90 Å². The van der Waals surface area contributed by atoms with E-state index in [1.807, 2.05) is 4.90 Å². The van der Waals surface area contributed by atoms with E-state index in [9.17, 15) is 9.50 Å². The van der Waals surface area contributed by atoms with Crippen LogP contribution in [-0.4, -0.2) is 47.4 Å². The van der Waals surface area contributed by atoms with Gasteiger partial charge in [-0.25, -0.2) is 4.98 Å². The maximum atomic E-state index is 14.5. The molecule has 142 valence electrons. The summed E-state index contributed by atoms with van der Waals surface area (Å²) in [6, 6.07) is 0.106. The number of hydrogen-bond acceptors (Lipinski definition) is 7. The number of nitrogens with one attached hydrogen (secondary N) is 1. The zero-order chi connectivity index (χ0) is 18.2. The molecule has 2 N–H and O–H groups in total. The van der Waals surface area contributed by atoms with Gasteiger partial charge in [-0.15, -0.1) is 10.2 Å². The van der Waals surface area contributed by atoms with Gasteiger partial charge in [-0.05, 0) is 25.7 Å². The first-order valence-electron chi connectivity index (χ1n) is 9.62. The molecule has 6 rings (SSSR count). The van der Waals surface area contributed by atoms with Crippen LogP contribution in [0.4, 0.5) is 10.2 Å². The molecule has 2 aromatic heterocycles. The van der Waals surface area contributed by atoms with Crippen molar-refractivity contribution < 1.29 is 9.50 Å². The maximum absolute atomic E-state index is 14.5. The summed E-state index contributed by atoms with van der Waals surface area (Å²) in [7, 11) is 0. The van der Waals surface area contributed by atoms with E-state index in [0.717, 1.165) is 44.2 Å². The predicted octanol–water partition coefficient (Wildman–Crippen LogP) is 0.981. The average Bonchev–Trinajstić information content (AvgIpc) is 3.07. The Labute approximate surface area is 154 Å². The van der Waals surface area contributed by atoms with Crippen molar-refractivity contribution in [1.29, 1.82) is 0 Å². The van der Waals surface area contributed by atoms with Crippen LogP contribution in [0, 0.1) is 12.0 Å². The summed E-state index contributed by atoms with van der Waals surface area (Å²) in [5, 5.41) is 23.0. The monoisotopic (exact) mass is 372 g/mol. The van der Waals surface area contributed by atoms with Gasteiger partial charge in [0.2, 0.25) is 0 Å². The molecule has 0 radical (unpaired) electrons. The number of nitrogens with zero attached hydrogens (tertiary/aromatic N) is 7. The lowest BCUT2D eigenvalue weighted by Crippen LogP contribution is -2.55. The SMILES string of the molecule is OC1(Cc2cn(C3=NNC4C5CCCCC5n5c(cnc5F)N34)nn2)CC1. The molecule has 0 bridgehead atoms. The molecule has 0 aromatic carbocycles. The zero-order valence-electron chi connectivity index (χ0n) is 14.8. The molecule has 4 heterocycles. The van der Waals surface area contributed by atoms with Crippen molar-refractivity contribution in [3.8, 4) is 0 Å². The Kier molecular flexibility index (Phi) is 3.04. The molecule has 0 spiro atoms. The normalized spacial score (nSPS) is 30.2. The number of aromatic nitrogens is 5. The molecule has 27 heavy (non-hydrogen) atoms. The molecule has 0 saturated heterocycles. The van der Waals surface area contributed by atoms with Crippen LogP contribution in [0.15, 0.2) is 17.5 Å². The zero-order valence-corrected chi connectivity index (χ0v) is 14.8. The lowest BCUT2D eigenvalue weighted by molar-refractivity contribution is 0.149. The molecule has 3 unspecified atom stereocenters. The van der Waals surface area contributed by atoms with Gasteiger partial charge in [-0.3, -0.25) is 14.9 Å². The summed E-state index contributed by atoms with van der Waals surface area (Å²) >= 11 is 0. The minimum absolute atomic E-state index is 0.0332. The Bertz CT molecular complexity index is 931. The lowest BCUT2D eigenvalue weighted by atomic mass is 9.80. The molecule has 2 saturated carbocycles. The third-order valence-corrected chi connectivity index (χ3v) is 6.37. The Morgan fingerprint density at radius 2 is 2.15 bits per heavy atom. The van der Waals surface area contributed by atoms with Crippen molar-refractivity contribution >= 4 is 11.8 Å². The molecular formula is C17H21FN8O. The van der Waals surface area contributed by atoms with Crippen LogP contribution in [-0.2, 0) is 6.42 Å². The molecule has 9 nitrogen and oxygen atoms in total. The van der Waals surface area contributed by atoms with E-state index in [0.29, 0.717) is 18.2 Å². The van der Waals surface area contributed by atoms with Gasteiger partial charge < -0.3 is 5.11 Å². The number of fused-ring (bicyclic) bond motifs is 6. The molecular weight excluding hydrogens is 351 g/mol. The van der Waals surface area contributed by atoms with Gasteiger partial charge >= 0.3 is 0 Å². The van der Waals surface area contributed by atoms with Crippen LogP contribution in [0.2, 0.25) is 0 Å². The number of hydrogen-bond donors (Lipinski definition) is 2. The summed E-state index contributed by atoms with van der Waals surface area (Å²) in [5.74, 6) is 1.51. The van der Waals surface area contributed by atoms with E-state index in [2.05, 4.69) is 25.8 Å². The Hall–Kier alpha value is -2.49. The minimum atomic E-state index is -0.624. The molecule has 2 aromatic rings.